The van der Waals surface area contributed by atoms with Crippen molar-refractivity contribution in [1.29, 1.82) is 0 Å². The summed E-state index contributed by atoms with van der Waals surface area (Å²) in [7, 11) is 1.84. The molecule has 18 heavy (non-hydrogen) atoms. The first-order chi connectivity index (χ1) is 8.46. The summed E-state index contributed by atoms with van der Waals surface area (Å²) in [6.45, 7) is 2.83. The molecule has 100 valence electrons. The first-order valence-corrected chi connectivity index (χ1v) is 6.75. The number of rotatable bonds is 3. The van der Waals surface area contributed by atoms with E-state index in [9.17, 15) is 9.90 Å². The first-order valence-electron chi connectivity index (χ1n) is 5.95. The molecule has 1 aromatic heterocycles. The van der Waals surface area contributed by atoms with Gasteiger partial charge < -0.3 is 9.84 Å². The predicted octanol–water partition coefficient (Wildman–Crippen LogP) is 1.91. The normalized spacial score (nSPS) is 24.2. The summed E-state index contributed by atoms with van der Waals surface area (Å²) in [5.41, 5.74) is 0.978. The topological polar surface area (TPSA) is 64.4 Å². The van der Waals surface area contributed by atoms with Crippen molar-refractivity contribution in [3.05, 3.63) is 15.9 Å². The van der Waals surface area contributed by atoms with Crippen molar-refractivity contribution in [2.75, 3.05) is 13.2 Å². The molecule has 0 radical (unpaired) electrons. The highest BCUT2D eigenvalue weighted by Gasteiger charge is 2.42. The fourth-order valence-electron chi connectivity index (χ4n) is 2.43. The minimum absolute atomic E-state index is 0.277. The van der Waals surface area contributed by atoms with Gasteiger partial charge in [0.15, 0.2) is 0 Å². The third kappa shape index (κ3) is 2.31. The number of carboxylic acid groups (broad SMARTS) is 1. The zero-order valence-corrected chi connectivity index (χ0v) is 12.2. The summed E-state index contributed by atoms with van der Waals surface area (Å²) < 4.78 is 8.03. The molecule has 0 bridgehead atoms. The Morgan fingerprint density at radius 1 is 1.67 bits per heavy atom. The summed E-state index contributed by atoms with van der Waals surface area (Å²) in [6, 6.07) is 0. The number of hydrogen-bond donors (Lipinski definition) is 1. The van der Waals surface area contributed by atoms with Crippen LogP contribution in [0.5, 0.6) is 0 Å². The van der Waals surface area contributed by atoms with E-state index >= 15 is 0 Å². The molecule has 1 unspecified atom stereocenters. The molecule has 5 nitrogen and oxygen atoms in total. The highest BCUT2D eigenvalue weighted by atomic mass is 79.9. The molecule has 2 rings (SSSR count). The Morgan fingerprint density at radius 3 is 2.83 bits per heavy atom. The molecule has 0 aliphatic carbocycles. The molecule has 6 heteroatoms. The van der Waals surface area contributed by atoms with Crippen molar-refractivity contribution in [3.63, 3.8) is 0 Å². The molecular weight excluding hydrogens is 300 g/mol. The highest BCUT2D eigenvalue weighted by Crippen LogP contribution is 2.35. The van der Waals surface area contributed by atoms with Crippen LogP contribution in [0.3, 0.4) is 0 Å². The molecule has 1 fully saturated rings. The second-order valence-corrected chi connectivity index (χ2v) is 5.68. The number of carbonyl (C=O) groups is 1. The number of aryl methyl sites for hydroxylation is 2. The van der Waals surface area contributed by atoms with Crippen molar-refractivity contribution in [3.8, 4) is 0 Å². The van der Waals surface area contributed by atoms with Crippen LogP contribution in [0.15, 0.2) is 4.47 Å². The van der Waals surface area contributed by atoms with Gasteiger partial charge in [-0.15, -0.1) is 0 Å². The van der Waals surface area contributed by atoms with Gasteiger partial charge in [0.2, 0.25) is 0 Å². The van der Waals surface area contributed by atoms with Crippen molar-refractivity contribution in [2.45, 2.75) is 26.2 Å². The lowest BCUT2D eigenvalue weighted by molar-refractivity contribution is -0.157. The maximum absolute atomic E-state index is 11.6. The quantitative estimate of drug-likeness (QED) is 0.925. The Morgan fingerprint density at radius 2 is 2.39 bits per heavy atom. The summed E-state index contributed by atoms with van der Waals surface area (Å²) >= 11 is 3.48. The van der Waals surface area contributed by atoms with E-state index in [1.54, 1.807) is 4.68 Å². The van der Waals surface area contributed by atoms with E-state index in [-0.39, 0.29) is 6.61 Å². The average molecular weight is 317 g/mol. The fourth-order valence-corrected chi connectivity index (χ4v) is 2.90. The molecule has 1 atom stereocenters. The van der Waals surface area contributed by atoms with Crippen molar-refractivity contribution < 1.29 is 14.6 Å². The number of aliphatic carboxylic acids is 1. The molecule has 0 saturated carbocycles. The molecule has 2 heterocycles. The van der Waals surface area contributed by atoms with E-state index in [0.717, 1.165) is 22.3 Å². The Bertz CT molecular complexity index is 464. The van der Waals surface area contributed by atoms with Crippen molar-refractivity contribution in [1.82, 2.24) is 9.78 Å². The molecule has 0 aromatic carbocycles. The monoisotopic (exact) mass is 316 g/mol. The van der Waals surface area contributed by atoms with Crippen LogP contribution in [0.1, 0.15) is 24.2 Å². The van der Waals surface area contributed by atoms with E-state index in [1.165, 1.54) is 0 Å². The smallest absolute Gasteiger partial charge is 0.312 e. The Kier molecular flexibility index (Phi) is 3.77. The molecule has 1 aliphatic heterocycles. The Hall–Kier alpha value is -0.880. The average Bonchev–Trinajstić information content (AvgIpc) is 2.57. The zero-order chi connectivity index (χ0) is 13.3. The van der Waals surface area contributed by atoms with Gasteiger partial charge in [-0.2, -0.15) is 5.10 Å². The first kappa shape index (κ1) is 13.5. The maximum Gasteiger partial charge on any atom is 0.312 e. The standard InChI is InChI=1S/C12H17BrN2O3/c1-8-10(13)9(15(2)14-8)6-12(11(16)17)4-3-5-18-7-12/h3-7H2,1-2H3,(H,16,17). The van der Waals surface area contributed by atoms with Crippen molar-refractivity contribution in [2.24, 2.45) is 12.5 Å². The molecule has 1 saturated heterocycles. The van der Waals surface area contributed by atoms with Crippen LogP contribution in [0.4, 0.5) is 0 Å². The number of ether oxygens (including phenoxy) is 1. The summed E-state index contributed by atoms with van der Waals surface area (Å²) in [5, 5.41) is 13.8. The van der Waals surface area contributed by atoms with E-state index in [4.69, 9.17) is 4.74 Å². The van der Waals surface area contributed by atoms with Gasteiger partial charge >= 0.3 is 5.97 Å². The lowest BCUT2D eigenvalue weighted by atomic mass is 9.78. The zero-order valence-electron chi connectivity index (χ0n) is 10.6. The molecule has 0 spiro atoms. The summed E-state index contributed by atoms with van der Waals surface area (Å²) in [4.78, 5) is 11.6. The highest BCUT2D eigenvalue weighted by molar-refractivity contribution is 9.10. The Balaban J connectivity index is 2.31. The predicted molar refractivity (Wildman–Crippen MR) is 69.5 cm³/mol. The second kappa shape index (κ2) is 5.01. The largest absolute Gasteiger partial charge is 0.481 e. The van der Waals surface area contributed by atoms with Gasteiger partial charge in [-0.05, 0) is 35.7 Å². The third-order valence-electron chi connectivity index (χ3n) is 3.54. The van der Waals surface area contributed by atoms with Crippen LogP contribution in [0, 0.1) is 12.3 Å². The van der Waals surface area contributed by atoms with Crippen molar-refractivity contribution >= 4 is 21.9 Å². The fraction of sp³-hybridized carbons (Fsp3) is 0.667. The molecule has 1 N–H and O–H groups in total. The maximum atomic E-state index is 11.6. The van der Waals surface area contributed by atoms with Gasteiger partial charge in [0, 0.05) is 20.1 Å². The van der Waals surface area contributed by atoms with E-state index in [2.05, 4.69) is 21.0 Å². The van der Waals surface area contributed by atoms with Gasteiger partial charge in [-0.1, -0.05) is 0 Å². The Labute approximate surface area is 114 Å². The second-order valence-electron chi connectivity index (χ2n) is 4.89. The number of hydrogen-bond acceptors (Lipinski definition) is 3. The van der Waals surface area contributed by atoms with Crippen LogP contribution in [0.2, 0.25) is 0 Å². The van der Waals surface area contributed by atoms with Gasteiger partial charge in [0.05, 0.1) is 27.9 Å². The van der Waals surface area contributed by atoms with Crippen LogP contribution in [-0.4, -0.2) is 34.1 Å². The minimum Gasteiger partial charge on any atom is -0.481 e. The van der Waals surface area contributed by atoms with E-state index < -0.39 is 11.4 Å². The molecule has 0 amide bonds. The third-order valence-corrected chi connectivity index (χ3v) is 4.58. The number of nitrogens with zero attached hydrogens (tertiary/aromatic N) is 2. The molecular formula is C12H17BrN2O3. The van der Waals surface area contributed by atoms with Gasteiger partial charge in [-0.25, -0.2) is 0 Å². The van der Waals surface area contributed by atoms with Crippen LogP contribution in [-0.2, 0) is 23.0 Å². The number of halogens is 1. The van der Waals surface area contributed by atoms with E-state index in [1.807, 2.05) is 14.0 Å². The van der Waals surface area contributed by atoms with Crippen LogP contribution in [0.25, 0.3) is 0 Å². The lowest BCUT2D eigenvalue weighted by Gasteiger charge is -2.33. The minimum atomic E-state index is -0.818. The van der Waals surface area contributed by atoms with Gasteiger partial charge in [-0.3, -0.25) is 9.48 Å². The van der Waals surface area contributed by atoms with Gasteiger partial charge in [0.1, 0.15) is 0 Å². The molecule has 1 aliphatic rings. The van der Waals surface area contributed by atoms with E-state index in [0.29, 0.717) is 19.4 Å². The lowest BCUT2D eigenvalue weighted by Crippen LogP contribution is -2.41. The summed E-state index contributed by atoms with van der Waals surface area (Å²) in [6.07, 6.45) is 1.89. The SMILES string of the molecule is Cc1nn(C)c(CC2(C(=O)O)CCCOC2)c1Br. The van der Waals surface area contributed by atoms with Gasteiger partial charge in [0.25, 0.3) is 0 Å². The number of carboxylic acids is 1. The summed E-state index contributed by atoms with van der Waals surface area (Å²) in [5.74, 6) is -0.784. The molecule has 1 aromatic rings. The number of aromatic nitrogens is 2. The van der Waals surface area contributed by atoms with Crippen LogP contribution >= 0.6 is 15.9 Å². The van der Waals surface area contributed by atoms with Crippen LogP contribution < -0.4 is 0 Å².